The molecule has 0 rings (SSSR count). The first kappa shape index (κ1) is 9.42. The van der Waals surface area contributed by atoms with Crippen LogP contribution >= 0.6 is 15.9 Å². The second-order valence-electron chi connectivity index (χ2n) is 1.38. The SMILES string of the molecule is COC(=O)CC(=O)OCBr. The molecule has 10 heavy (non-hydrogen) atoms. The number of hydrogen-bond donors (Lipinski definition) is 0. The number of halogens is 1. The van der Waals surface area contributed by atoms with Crippen LogP contribution in [0, 0.1) is 0 Å². The molecule has 0 aromatic heterocycles. The number of hydrogen-bond acceptors (Lipinski definition) is 4. The molecule has 0 aliphatic heterocycles. The summed E-state index contributed by atoms with van der Waals surface area (Å²) < 4.78 is 8.60. The Morgan fingerprint density at radius 3 is 2.40 bits per heavy atom. The Morgan fingerprint density at radius 2 is 2.00 bits per heavy atom. The zero-order chi connectivity index (χ0) is 7.98. The first-order chi connectivity index (χ1) is 4.70. The van der Waals surface area contributed by atoms with E-state index in [2.05, 4.69) is 25.4 Å². The van der Waals surface area contributed by atoms with Crippen LogP contribution in [0.4, 0.5) is 0 Å². The number of rotatable bonds is 3. The van der Waals surface area contributed by atoms with Crippen LogP contribution in [0.1, 0.15) is 6.42 Å². The van der Waals surface area contributed by atoms with Gasteiger partial charge in [0.25, 0.3) is 0 Å². The van der Waals surface area contributed by atoms with Gasteiger partial charge in [-0.3, -0.25) is 9.59 Å². The van der Waals surface area contributed by atoms with E-state index < -0.39 is 11.9 Å². The van der Waals surface area contributed by atoms with Crippen molar-refractivity contribution >= 4 is 27.9 Å². The van der Waals surface area contributed by atoms with Gasteiger partial charge in [-0.1, -0.05) is 0 Å². The number of carbonyl (C=O) groups is 2. The Hall–Kier alpha value is -0.580. The minimum atomic E-state index is -0.594. The van der Waals surface area contributed by atoms with Gasteiger partial charge in [-0.2, -0.15) is 0 Å². The second kappa shape index (κ2) is 5.22. The van der Waals surface area contributed by atoms with E-state index in [1.807, 2.05) is 0 Å². The fourth-order valence-corrected chi connectivity index (χ4v) is 0.557. The highest BCUT2D eigenvalue weighted by Gasteiger charge is 2.08. The first-order valence-corrected chi connectivity index (χ1v) is 3.61. The van der Waals surface area contributed by atoms with Gasteiger partial charge in [0.1, 0.15) is 11.9 Å². The summed E-state index contributed by atoms with van der Waals surface area (Å²) in [5.41, 5.74) is 0.100. The molecule has 0 saturated heterocycles. The van der Waals surface area contributed by atoms with Crippen LogP contribution in [-0.4, -0.2) is 24.6 Å². The van der Waals surface area contributed by atoms with Crippen LogP contribution in [0.3, 0.4) is 0 Å². The molecule has 0 atom stereocenters. The molecule has 0 fully saturated rings. The van der Waals surface area contributed by atoms with Crippen LogP contribution < -0.4 is 0 Å². The van der Waals surface area contributed by atoms with E-state index >= 15 is 0 Å². The third-order valence-corrected chi connectivity index (χ3v) is 0.961. The normalized spacial score (nSPS) is 8.60. The van der Waals surface area contributed by atoms with Gasteiger partial charge in [-0.15, -0.1) is 0 Å². The van der Waals surface area contributed by atoms with Crippen LogP contribution in [-0.2, 0) is 19.1 Å². The summed E-state index contributed by atoms with van der Waals surface area (Å²) >= 11 is 2.87. The van der Waals surface area contributed by atoms with Crippen molar-refractivity contribution in [2.24, 2.45) is 0 Å². The van der Waals surface area contributed by atoms with Gasteiger partial charge < -0.3 is 9.47 Å². The van der Waals surface area contributed by atoms with Crippen LogP contribution in [0.5, 0.6) is 0 Å². The second-order valence-corrected chi connectivity index (χ2v) is 1.84. The van der Waals surface area contributed by atoms with E-state index in [0.29, 0.717) is 0 Å². The predicted octanol–water partition coefficient (Wildman–Crippen LogP) is 0.445. The van der Waals surface area contributed by atoms with Crippen molar-refractivity contribution in [1.29, 1.82) is 0 Å². The number of ether oxygens (including phenoxy) is 2. The van der Waals surface area contributed by atoms with E-state index in [0.717, 1.165) is 0 Å². The van der Waals surface area contributed by atoms with Gasteiger partial charge in [0.15, 0.2) is 0 Å². The van der Waals surface area contributed by atoms with Crippen molar-refractivity contribution in [2.45, 2.75) is 6.42 Å². The van der Waals surface area contributed by atoms with Crippen molar-refractivity contribution in [3.05, 3.63) is 0 Å². The monoisotopic (exact) mass is 210 g/mol. The van der Waals surface area contributed by atoms with Gasteiger partial charge in [-0.05, 0) is 15.9 Å². The average Bonchev–Trinajstić information content (AvgIpc) is 1.88. The van der Waals surface area contributed by atoms with Crippen LogP contribution in [0.15, 0.2) is 0 Å². The Kier molecular flexibility index (Phi) is 4.92. The highest BCUT2D eigenvalue weighted by molar-refractivity contribution is 9.09. The number of carbonyl (C=O) groups excluding carboxylic acids is 2. The minimum Gasteiger partial charge on any atom is -0.469 e. The lowest BCUT2D eigenvalue weighted by Gasteiger charge is -1.97. The van der Waals surface area contributed by atoms with Crippen molar-refractivity contribution in [2.75, 3.05) is 12.6 Å². The van der Waals surface area contributed by atoms with E-state index in [1.54, 1.807) is 0 Å². The molecular weight excluding hydrogens is 204 g/mol. The highest BCUT2D eigenvalue weighted by Crippen LogP contribution is 1.91. The van der Waals surface area contributed by atoms with Crippen LogP contribution in [0.25, 0.3) is 0 Å². The van der Waals surface area contributed by atoms with Crippen LogP contribution in [0.2, 0.25) is 0 Å². The third-order valence-electron chi connectivity index (χ3n) is 0.732. The van der Waals surface area contributed by atoms with Gasteiger partial charge in [0.05, 0.1) is 7.11 Å². The lowest BCUT2D eigenvalue weighted by Crippen LogP contribution is -2.11. The summed E-state index contributed by atoms with van der Waals surface area (Å²) in [6, 6.07) is 0. The molecule has 0 unspecified atom stereocenters. The average molecular weight is 211 g/mol. The molecule has 0 aliphatic rings. The van der Waals surface area contributed by atoms with Crippen molar-refractivity contribution in [3.8, 4) is 0 Å². The largest absolute Gasteiger partial charge is 0.469 e. The Balaban J connectivity index is 3.47. The van der Waals surface area contributed by atoms with Gasteiger partial charge in [-0.25, -0.2) is 0 Å². The lowest BCUT2D eigenvalue weighted by molar-refractivity contribution is -0.151. The standard InChI is InChI=1S/C5H7BrO4/c1-9-4(7)2-5(8)10-3-6/h2-3H2,1H3. The number of esters is 2. The van der Waals surface area contributed by atoms with Crippen molar-refractivity contribution in [3.63, 3.8) is 0 Å². The summed E-state index contributed by atoms with van der Waals surface area (Å²) in [5.74, 6) is -1.19. The predicted molar refractivity (Wildman–Crippen MR) is 36.5 cm³/mol. The summed E-state index contributed by atoms with van der Waals surface area (Å²) in [7, 11) is 1.21. The van der Waals surface area contributed by atoms with E-state index in [4.69, 9.17) is 0 Å². The molecule has 58 valence electrons. The molecule has 0 N–H and O–H groups in total. The summed E-state index contributed by atoms with van der Waals surface area (Å²) in [4.78, 5) is 20.8. The molecule has 0 saturated carbocycles. The smallest absolute Gasteiger partial charge is 0.317 e. The van der Waals surface area contributed by atoms with Gasteiger partial charge in [0.2, 0.25) is 0 Å². The molecule has 0 spiro atoms. The molecular formula is C5H7BrO4. The molecule has 5 heteroatoms. The fourth-order valence-electron chi connectivity index (χ4n) is 0.302. The maximum Gasteiger partial charge on any atom is 0.317 e. The summed E-state index contributed by atoms with van der Waals surface area (Å²) in [6.45, 7) is 0. The van der Waals surface area contributed by atoms with Crippen molar-refractivity contribution in [1.82, 2.24) is 0 Å². The van der Waals surface area contributed by atoms with Gasteiger partial charge >= 0.3 is 11.9 Å². The van der Waals surface area contributed by atoms with E-state index in [-0.39, 0.29) is 11.9 Å². The maximum atomic E-state index is 10.5. The Labute approximate surface area is 66.6 Å². The number of methoxy groups -OCH3 is 1. The molecule has 0 amide bonds. The quantitative estimate of drug-likeness (QED) is 0.386. The van der Waals surface area contributed by atoms with E-state index in [9.17, 15) is 9.59 Å². The Bertz CT molecular complexity index is 134. The molecule has 4 nitrogen and oxygen atoms in total. The zero-order valence-corrected chi connectivity index (χ0v) is 7.01. The van der Waals surface area contributed by atoms with Gasteiger partial charge in [0, 0.05) is 0 Å². The minimum absolute atomic E-state index is 0.100. The highest BCUT2D eigenvalue weighted by atomic mass is 79.9. The Morgan fingerprint density at radius 1 is 1.40 bits per heavy atom. The number of alkyl halides is 1. The summed E-state index contributed by atoms with van der Waals surface area (Å²) in [6.07, 6.45) is -0.331. The molecule has 0 aromatic rings. The lowest BCUT2D eigenvalue weighted by atomic mass is 10.4. The maximum absolute atomic E-state index is 10.5. The molecule has 0 aliphatic carbocycles. The summed E-state index contributed by atoms with van der Waals surface area (Å²) in [5, 5.41) is 0. The van der Waals surface area contributed by atoms with E-state index in [1.165, 1.54) is 7.11 Å². The molecule has 0 heterocycles. The third kappa shape index (κ3) is 4.31. The topological polar surface area (TPSA) is 52.6 Å². The molecule has 0 bridgehead atoms. The fraction of sp³-hybridized carbons (Fsp3) is 0.600. The van der Waals surface area contributed by atoms with Crippen molar-refractivity contribution < 1.29 is 19.1 Å². The molecule has 0 aromatic carbocycles. The molecule has 0 radical (unpaired) electrons. The zero-order valence-electron chi connectivity index (χ0n) is 5.43. The first-order valence-electron chi connectivity index (χ1n) is 2.49.